The minimum atomic E-state index is -0.506. The minimum absolute atomic E-state index is 0.0506. The Bertz CT molecular complexity index is 802. The summed E-state index contributed by atoms with van der Waals surface area (Å²) in [7, 11) is 0. The van der Waals surface area contributed by atoms with Crippen LogP contribution in [-0.2, 0) is 4.74 Å². The number of carbonyl (C=O) groups is 1. The van der Waals surface area contributed by atoms with E-state index in [1.165, 1.54) is 18.5 Å². The summed E-state index contributed by atoms with van der Waals surface area (Å²) >= 11 is 0. The molecule has 0 radical (unpaired) electrons. The highest BCUT2D eigenvalue weighted by atomic mass is 19.1. The van der Waals surface area contributed by atoms with Crippen LogP contribution in [-0.4, -0.2) is 50.7 Å². The lowest BCUT2D eigenvalue weighted by Gasteiger charge is -2.33. The molecule has 0 aromatic carbocycles. The van der Waals surface area contributed by atoms with E-state index in [2.05, 4.69) is 20.3 Å². The number of anilines is 2. The lowest BCUT2D eigenvalue weighted by molar-refractivity contribution is 0.0123. The average molecular weight is 389 g/mol. The molecule has 1 amide bonds. The fourth-order valence-electron chi connectivity index (χ4n) is 2.71. The molecule has 28 heavy (non-hydrogen) atoms. The molecule has 3 heterocycles. The molecule has 1 fully saturated rings. The number of pyridine rings is 1. The van der Waals surface area contributed by atoms with Crippen LogP contribution in [0.4, 0.5) is 20.8 Å². The van der Waals surface area contributed by atoms with Gasteiger partial charge in [0.25, 0.3) is 0 Å². The predicted octanol–water partition coefficient (Wildman–Crippen LogP) is 3.53. The predicted molar refractivity (Wildman–Crippen MR) is 101 cm³/mol. The zero-order valence-electron chi connectivity index (χ0n) is 16.2. The molecule has 0 aliphatic carbocycles. The van der Waals surface area contributed by atoms with Crippen LogP contribution >= 0.6 is 0 Å². The summed E-state index contributed by atoms with van der Waals surface area (Å²) < 4.78 is 24.3. The molecule has 0 spiro atoms. The van der Waals surface area contributed by atoms with Gasteiger partial charge in [0.2, 0.25) is 5.88 Å². The average Bonchev–Trinajstić information content (AvgIpc) is 2.63. The number of hydrogen-bond acceptors (Lipinski definition) is 7. The zero-order chi connectivity index (χ0) is 20.1. The Hall–Kier alpha value is -2.97. The molecular weight excluding hydrogens is 365 g/mol. The largest absolute Gasteiger partial charge is 0.474 e. The normalized spacial score (nSPS) is 15.2. The van der Waals surface area contributed by atoms with Crippen molar-refractivity contribution in [3.63, 3.8) is 0 Å². The summed E-state index contributed by atoms with van der Waals surface area (Å²) in [4.78, 5) is 26.0. The number of likely N-dealkylation sites (tertiary alicyclic amines) is 1. The highest BCUT2D eigenvalue weighted by Gasteiger charge is 2.27. The number of piperidine rings is 1. The number of aromatic nitrogens is 3. The zero-order valence-corrected chi connectivity index (χ0v) is 16.2. The Balaban J connectivity index is 1.52. The third-order valence-corrected chi connectivity index (χ3v) is 4.01. The summed E-state index contributed by atoms with van der Waals surface area (Å²) in [5, 5.41) is 2.97. The molecule has 2 aromatic rings. The minimum Gasteiger partial charge on any atom is -0.474 e. The van der Waals surface area contributed by atoms with Gasteiger partial charge in [-0.3, -0.25) is 0 Å². The fraction of sp³-hybridized carbons (Fsp3) is 0.474. The molecule has 3 rings (SSSR count). The fourth-order valence-corrected chi connectivity index (χ4v) is 2.71. The van der Waals surface area contributed by atoms with Gasteiger partial charge in [-0.05, 0) is 32.9 Å². The summed E-state index contributed by atoms with van der Waals surface area (Å²) in [5.74, 6) is 0.984. The first-order chi connectivity index (χ1) is 13.3. The summed E-state index contributed by atoms with van der Waals surface area (Å²) in [6, 6.07) is 4.49. The van der Waals surface area contributed by atoms with Crippen LogP contribution in [0, 0.1) is 5.82 Å². The molecule has 1 saturated heterocycles. The van der Waals surface area contributed by atoms with Crippen molar-refractivity contribution >= 4 is 17.7 Å². The lowest BCUT2D eigenvalue weighted by Crippen LogP contribution is -2.44. The molecule has 1 aliphatic heterocycles. The van der Waals surface area contributed by atoms with E-state index >= 15 is 0 Å². The highest BCUT2D eigenvalue weighted by molar-refractivity contribution is 5.68. The van der Waals surface area contributed by atoms with Crippen molar-refractivity contribution in [2.24, 2.45) is 0 Å². The number of rotatable bonds is 4. The number of amides is 1. The molecule has 150 valence electrons. The van der Waals surface area contributed by atoms with Crippen molar-refractivity contribution in [3.05, 3.63) is 36.5 Å². The van der Waals surface area contributed by atoms with Gasteiger partial charge in [-0.1, -0.05) is 0 Å². The number of ether oxygens (including phenoxy) is 2. The van der Waals surface area contributed by atoms with Crippen LogP contribution in [0.5, 0.6) is 5.88 Å². The maximum atomic E-state index is 12.9. The Morgan fingerprint density at radius 3 is 2.57 bits per heavy atom. The quantitative estimate of drug-likeness (QED) is 0.855. The molecule has 0 unspecified atom stereocenters. The van der Waals surface area contributed by atoms with Crippen LogP contribution in [0.2, 0.25) is 0 Å². The first-order valence-electron chi connectivity index (χ1n) is 9.14. The second kappa shape index (κ2) is 8.37. The van der Waals surface area contributed by atoms with Crippen molar-refractivity contribution in [3.8, 4) is 5.88 Å². The van der Waals surface area contributed by atoms with Crippen molar-refractivity contribution in [2.75, 3.05) is 18.4 Å². The van der Waals surface area contributed by atoms with Gasteiger partial charge in [-0.15, -0.1) is 0 Å². The highest BCUT2D eigenvalue weighted by Crippen LogP contribution is 2.21. The topological polar surface area (TPSA) is 89.5 Å². The summed E-state index contributed by atoms with van der Waals surface area (Å²) in [6.45, 7) is 6.68. The van der Waals surface area contributed by atoms with Crippen molar-refractivity contribution < 1.29 is 18.7 Å². The van der Waals surface area contributed by atoms with Gasteiger partial charge >= 0.3 is 6.09 Å². The monoisotopic (exact) mass is 389 g/mol. The molecule has 8 nitrogen and oxygen atoms in total. The second-order valence-corrected chi connectivity index (χ2v) is 7.51. The molecule has 1 aliphatic rings. The van der Waals surface area contributed by atoms with Crippen molar-refractivity contribution in [2.45, 2.75) is 45.3 Å². The third-order valence-electron chi connectivity index (χ3n) is 4.01. The van der Waals surface area contributed by atoms with E-state index in [0.717, 1.165) is 6.20 Å². The van der Waals surface area contributed by atoms with E-state index in [0.29, 0.717) is 43.4 Å². The van der Waals surface area contributed by atoms with Gasteiger partial charge < -0.3 is 19.7 Å². The van der Waals surface area contributed by atoms with Crippen LogP contribution in [0.3, 0.4) is 0 Å². The van der Waals surface area contributed by atoms with E-state index in [1.54, 1.807) is 11.0 Å². The van der Waals surface area contributed by atoms with E-state index in [1.807, 2.05) is 20.8 Å². The van der Waals surface area contributed by atoms with E-state index in [-0.39, 0.29) is 12.2 Å². The summed E-state index contributed by atoms with van der Waals surface area (Å²) in [5.41, 5.74) is -0.506. The number of nitrogens with zero attached hydrogens (tertiary/aromatic N) is 4. The molecule has 0 bridgehead atoms. The molecular formula is C19H24FN5O3. The molecule has 2 aromatic heterocycles. The third kappa shape index (κ3) is 5.77. The Morgan fingerprint density at radius 1 is 1.18 bits per heavy atom. The standard InChI is InChI=1S/C19H24FN5O3/c1-19(2,3)28-18(26)25-8-6-14(7-9-25)27-17-10-16(22-12-23-17)24-15-5-4-13(20)11-21-15/h4-5,10-12,14H,6-9H2,1-3H3,(H,21,22,23,24). The summed E-state index contributed by atoms with van der Waals surface area (Å²) in [6.07, 6.45) is 3.53. The number of halogens is 1. The van der Waals surface area contributed by atoms with Gasteiger partial charge in [0.15, 0.2) is 0 Å². The molecule has 9 heteroatoms. The van der Waals surface area contributed by atoms with Gasteiger partial charge in [-0.2, -0.15) is 0 Å². The van der Waals surface area contributed by atoms with Crippen LogP contribution in [0.1, 0.15) is 33.6 Å². The Kier molecular flexibility index (Phi) is 5.91. The van der Waals surface area contributed by atoms with Crippen molar-refractivity contribution in [1.82, 2.24) is 19.9 Å². The Labute approximate surface area is 163 Å². The first-order valence-corrected chi connectivity index (χ1v) is 9.14. The first kappa shape index (κ1) is 19.8. The van der Waals surface area contributed by atoms with Crippen molar-refractivity contribution in [1.29, 1.82) is 0 Å². The maximum Gasteiger partial charge on any atom is 0.410 e. The van der Waals surface area contributed by atoms with Gasteiger partial charge in [0.1, 0.15) is 35.5 Å². The number of nitrogens with one attached hydrogen (secondary N) is 1. The van der Waals surface area contributed by atoms with Crippen LogP contribution in [0.25, 0.3) is 0 Å². The maximum absolute atomic E-state index is 12.9. The van der Waals surface area contributed by atoms with Gasteiger partial charge in [0.05, 0.1) is 6.20 Å². The SMILES string of the molecule is CC(C)(C)OC(=O)N1CCC(Oc2cc(Nc3ccc(F)cn3)ncn2)CC1. The molecule has 0 saturated carbocycles. The smallest absolute Gasteiger partial charge is 0.410 e. The van der Waals surface area contributed by atoms with Gasteiger partial charge in [0, 0.05) is 32.0 Å². The number of carbonyl (C=O) groups excluding carboxylic acids is 1. The molecule has 0 atom stereocenters. The van der Waals surface area contributed by atoms with Crippen LogP contribution in [0.15, 0.2) is 30.7 Å². The van der Waals surface area contributed by atoms with E-state index < -0.39 is 11.4 Å². The molecule has 1 N–H and O–H groups in total. The second-order valence-electron chi connectivity index (χ2n) is 7.51. The van der Waals surface area contributed by atoms with E-state index in [4.69, 9.17) is 9.47 Å². The van der Waals surface area contributed by atoms with E-state index in [9.17, 15) is 9.18 Å². The van der Waals surface area contributed by atoms with Crippen LogP contribution < -0.4 is 10.1 Å². The van der Waals surface area contributed by atoms with Gasteiger partial charge in [-0.25, -0.2) is 24.1 Å². The lowest BCUT2D eigenvalue weighted by atomic mass is 10.1. The number of hydrogen-bond donors (Lipinski definition) is 1. The Morgan fingerprint density at radius 2 is 1.93 bits per heavy atom.